The minimum Gasteiger partial charge on any atom is -0.507 e. The third-order valence-corrected chi connectivity index (χ3v) is 9.52. The number of methoxy groups -OCH3 is 1. The summed E-state index contributed by atoms with van der Waals surface area (Å²) in [4.78, 5) is 28.6. The van der Waals surface area contributed by atoms with E-state index in [0.717, 1.165) is 24.2 Å². The van der Waals surface area contributed by atoms with Crippen molar-refractivity contribution in [3.8, 4) is 17.2 Å². The van der Waals surface area contributed by atoms with Gasteiger partial charge in [0.2, 0.25) is 5.13 Å². The standard InChI is InChI=1S/C35H36FN3O6S2/c1-5-17-44-25-13-10-22(11-14-25)31(40)29-30(23-12-15-27(28(19-23)43-4)45-18-16-21(2)3)39(33(42)32(29)41)34-37-38-35(47-34)46-20-24-8-6-7-9-26(24)36/h6-15,19,21,30,40H,5,16-18,20H2,1-4H3/b31-29-. The molecule has 0 spiro atoms. The summed E-state index contributed by atoms with van der Waals surface area (Å²) in [6.07, 6.45) is 1.69. The van der Waals surface area contributed by atoms with E-state index in [-0.39, 0.29) is 22.3 Å². The number of nitrogens with zero attached hydrogens (tertiary/aromatic N) is 3. The van der Waals surface area contributed by atoms with E-state index in [1.54, 1.807) is 60.7 Å². The van der Waals surface area contributed by atoms with Gasteiger partial charge in [-0.2, -0.15) is 0 Å². The van der Waals surface area contributed by atoms with Crippen molar-refractivity contribution in [2.45, 2.75) is 49.7 Å². The van der Waals surface area contributed by atoms with Crippen molar-refractivity contribution in [1.29, 1.82) is 0 Å². The molecule has 47 heavy (non-hydrogen) atoms. The molecule has 4 aromatic rings. The van der Waals surface area contributed by atoms with Gasteiger partial charge in [-0.05, 0) is 72.4 Å². The molecule has 1 aromatic heterocycles. The van der Waals surface area contributed by atoms with Gasteiger partial charge in [-0.15, -0.1) is 10.2 Å². The van der Waals surface area contributed by atoms with Gasteiger partial charge in [-0.1, -0.05) is 68.1 Å². The smallest absolute Gasteiger partial charge is 0.301 e. The number of ketones is 1. The Morgan fingerprint density at radius 2 is 1.79 bits per heavy atom. The summed E-state index contributed by atoms with van der Waals surface area (Å²) in [5, 5.41) is 20.2. The van der Waals surface area contributed by atoms with Crippen LogP contribution in [0.5, 0.6) is 17.2 Å². The first-order chi connectivity index (χ1) is 22.7. The SMILES string of the molecule is CCCOc1ccc(/C(O)=C2/C(=O)C(=O)N(c3nnc(SCc4ccccc4F)s3)C2c2ccc(OCCC(C)C)c(OC)c2)cc1. The Kier molecular flexibility index (Phi) is 11.2. The van der Waals surface area contributed by atoms with Gasteiger partial charge in [-0.25, -0.2) is 4.39 Å². The Bertz CT molecular complexity index is 1760. The lowest BCUT2D eigenvalue weighted by Crippen LogP contribution is -2.29. The van der Waals surface area contributed by atoms with Crippen LogP contribution in [-0.2, 0) is 15.3 Å². The molecule has 1 aliphatic rings. The first kappa shape index (κ1) is 33.9. The number of carbonyl (C=O) groups excluding carboxylic acids is 2. The summed E-state index contributed by atoms with van der Waals surface area (Å²) < 4.78 is 32.0. The van der Waals surface area contributed by atoms with Crippen molar-refractivity contribution in [2.75, 3.05) is 25.2 Å². The predicted molar refractivity (Wildman–Crippen MR) is 181 cm³/mol. The Labute approximate surface area is 281 Å². The van der Waals surface area contributed by atoms with Gasteiger partial charge in [0.25, 0.3) is 5.78 Å². The Morgan fingerprint density at radius 3 is 2.49 bits per heavy atom. The molecule has 3 aromatic carbocycles. The third-order valence-electron chi connectivity index (χ3n) is 7.41. The molecule has 0 aliphatic carbocycles. The van der Waals surface area contributed by atoms with Crippen LogP contribution in [0.4, 0.5) is 9.52 Å². The number of anilines is 1. The van der Waals surface area contributed by atoms with Gasteiger partial charge in [0.1, 0.15) is 17.3 Å². The van der Waals surface area contributed by atoms with Gasteiger partial charge >= 0.3 is 5.91 Å². The summed E-state index contributed by atoms with van der Waals surface area (Å²) in [5.74, 6) is -0.105. The molecule has 1 fully saturated rings. The van der Waals surface area contributed by atoms with Crippen molar-refractivity contribution in [3.05, 3.63) is 94.8 Å². The number of aliphatic hydroxyl groups is 1. The molecule has 1 saturated heterocycles. The second-order valence-corrected chi connectivity index (χ2v) is 13.4. The Morgan fingerprint density at radius 1 is 1.02 bits per heavy atom. The maximum atomic E-state index is 14.2. The first-order valence-electron chi connectivity index (χ1n) is 15.3. The molecule has 2 heterocycles. The minimum atomic E-state index is -1.05. The zero-order valence-corrected chi connectivity index (χ0v) is 28.2. The quantitative estimate of drug-likeness (QED) is 0.0470. The minimum absolute atomic E-state index is 0.108. The van der Waals surface area contributed by atoms with Gasteiger partial charge in [0, 0.05) is 11.3 Å². The van der Waals surface area contributed by atoms with Crippen LogP contribution < -0.4 is 19.1 Å². The van der Waals surface area contributed by atoms with Crippen LogP contribution in [-0.4, -0.2) is 47.3 Å². The molecule has 0 saturated carbocycles. The number of ether oxygens (including phenoxy) is 3. The number of rotatable bonds is 14. The molecule has 1 unspecified atom stereocenters. The summed E-state index contributed by atoms with van der Waals surface area (Å²) in [6, 6.07) is 17.2. The van der Waals surface area contributed by atoms with Gasteiger partial charge in [-0.3, -0.25) is 14.5 Å². The zero-order chi connectivity index (χ0) is 33.5. The number of hydrogen-bond acceptors (Lipinski definition) is 10. The highest BCUT2D eigenvalue weighted by Crippen LogP contribution is 2.45. The van der Waals surface area contributed by atoms with Gasteiger partial charge in [0.15, 0.2) is 15.8 Å². The molecule has 5 rings (SSSR count). The summed E-state index contributed by atoms with van der Waals surface area (Å²) in [7, 11) is 1.51. The van der Waals surface area contributed by atoms with Crippen LogP contribution in [0.25, 0.3) is 5.76 Å². The molecular weight excluding hydrogens is 642 g/mol. The first-order valence-corrected chi connectivity index (χ1v) is 17.1. The maximum Gasteiger partial charge on any atom is 0.301 e. The topological polar surface area (TPSA) is 111 Å². The predicted octanol–water partition coefficient (Wildman–Crippen LogP) is 7.82. The molecule has 0 bridgehead atoms. The van der Waals surface area contributed by atoms with E-state index >= 15 is 0 Å². The lowest BCUT2D eigenvalue weighted by molar-refractivity contribution is -0.132. The number of hydrogen-bond donors (Lipinski definition) is 1. The fourth-order valence-corrected chi connectivity index (χ4v) is 6.77. The lowest BCUT2D eigenvalue weighted by Gasteiger charge is -2.23. The number of halogens is 1. The van der Waals surface area contributed by atoms with Crippen molar-refractivity contribution in [2.24, 2.45) is 5.92 Å². The Hall–Kier alpha value is -4.42. The molecule has 12 heteroatoms. The number of thioether (sulfide) groups is 1. The fourth-order valence-electron chi connectivity index (χ4n) is 4.92. The molecule has 246 valence electrons. The van der Waals surface area contributed by atoms with E-state index in [0.29, 0.717) is 63.2 Å². The van der Waals surface area contributed by atoms with Crippen LogP contribution in [0.1, 0.15) is 56.3 Å². The number of carbonyl (C=O) groups is 2. The second-order valence-electron chi connectivity index (χ2n) is 11.2. The maximum absolute atomic E-state index is 14.2. The normalized spacial score (nSPS) is 15.8. The highest BCUT2D eigenvalue weighted by atomic mass is 32.2. The molecule has 9 nitrogen and oxygen atoms in total. The van der Waals surface area contributed by atoms with Gasteiger partial charge < -0.3 is 19.3 Å². The number of benzene rings is 3. The van der Waals surface area contributed by atoms with E-state index < -0.39 is 17.7 Å². The number of aliphatic hydroxyl groups excluding tert-OH is 1. The van der Waals surface area contributed by atoms with E-state index in [9.17, 15) is 19.1 Å². The molecular formula is C35H36FN3O6S2. The average Bonchev–Trinajstić information content (AvgIpc) is 3.64. The third kappa shape index (κ3) is 7.77. The molecule has 1 N–H and O–H groups in total. The molecule has 1 amide bonds. The lowest BCUT2D eigenvalue weighted by atomic mass is 9.95. The van der Waals surface area contributed by atoms with Crippen molar-refractivity contribution in [3.63, 3.8) is 0 Å². The van der Waals surface area contributed by atoms with Crippen molar-refractivity contribution >= 4 is 45.7 Å². The molecule has 0 radical (unpaired) electrons. The average molecular weight is 678 g/mol. The molecule has 1 atom stereocenters. The fraction of sp³-hybridized carbons (Fsp3) is 0.314. The number of amides is 1. The zero-order valence-electron chi connectivity index (χ0n) is 26.6. The van der Waals surface area contributed by atoms with Crippen molar-refractivity contribution in [1.82, 2.24) is 10.2 Å². The summed E-state index contributed by atoms with van der Waals surface area (Å²) >= 11 is 2.37. The van der Waals surface area contributed by atoms with E-state index in [2.05, 4.69) is 24.0 Å². The van der Waals surface area contributed by atoms with Crippen molar-refractivity contribution < 1.29 is 33.3 Å². The monoisotopic (exact) mass is 677 g/mol. The van der Waals surface area contributed by atoms with E-state index in [1.165, 1.54) is 29.8 Å². The summed E-state index contributed by atoms with van der Waals surface area (Å²) in [5.41, 5.74) is 1.24. The second kappa shape index (κ2) is 15.4. The molecule has 1 aliphatic heterocycles. The summed E-state index contributed by atoms with van der Waals surface area (Å²) in [6.45, 7) is 7.24. The highest BCUT2D eigenvalue weighted by molar-refractivity contribution is 8.00. The van der Waals surface area contributed by atoms with Crippen LogP contribution in [0.2, 0.25) is 0 Å². The Balaban J connectivity index is 1.54. The van der Waals surface area contributed by atoms with Crippen LogP contribution >= 0.6 is 23.1 Å². The number of aromatic nitrogens is 2. The van der Waals surface area contributed by atoms with Gasteiger partial charge in [0.05, 0.1) is 31.9 Å². The highest BCUT2D eigenvalue weighted by Gasteiger charge is 2.48. The van der Waals surface area contributed by atoms with Crippen LogP contribution in [0.15, 0.2) is 76.6 Å². The van der Waals surface area contributed by atoms with Crippen LogP contribution in [0, 0.1) is 11.7 Å². The van der Waals surface area contributed by atoms with E-state index in [4.69, 9.17) is 14.2 Å². The van der Waals surface area contributed by atoms with Crippen LogP contribution in [0.3, 0.4) is 0 Å². The largest absolute Gasteiger partial charge is 0.507 e. The van der Waals surface area contributed by atoms with E-state index in [1.807, 2.05) is 6.92 Å². The number of Topliss-reactive ketones (excluding diaryl/α,β-unsaturated/α-hetero) is 1.